The molecule has 3 aromatic rings. The molecule has 0 aliphatic rings. The number of nitrogens with zero attached hydrogens (tertiary/aromatic N) is 3. The van der Waals surface area contributed by atoms with Crippen LogP contribution in [0.15, 0.2) is 47.3 Å². The number of aryl methyl sites for hydroxylation is 1. The summed E-state index contributed by atoms with van der Waals surface area (Å²) in [7, 11) is 0. The maximum absolute atomic E-state index is 14.0. The standard InChI is InChI=1S/C20H11ClFN3OS/c1-12-5-6-16(9-17(12)22)25-19(26)18(27-20(25)14(10-23)11-24)8-13-3-2-4-15(21)7-13/h2-9H,1H3/b18-8+. The predicted octanol–water partition coefficient (Wildman–Crippen LogP) is 3.03. The third-order valence-electron chi connectivity index (χ3n) is 3.82. The van der Waals surface area contributed by atoms with Crippen molar-refractivity contribution in [3.8, 4) is 17.8 Å². The van der Waals surface area contributed by atoms with Crippen molar-refractivity contribution in [2.24, 2.45) is 0 Å². The summed E-state index contributed by atoms with van der Waals surface area (Å²) in [4.78, 5) is 13.0. The molecule has 1 heterocycles. The lowest BCUT2D eigenvalue weighted by Gasteiger charge is -2.04. The third-order valence-corrected chi connectivity index (χ3v) is 5.15. The number of aromatic nitrogens is 1. The van der Waals surface area contributed by atoms with E-state index in [1.807, 2.05) is 0 Å². The van der Waals surface area contributed by atoms with Gasteiger partial charge in [-0.25, -0.2) is 4.39 Å². The molecule has 7 heteroatoms. The van der Waals surface area contributed by atoms with Crippen LogP contribution < -0.4 is 14.8 Å². The minimum atomic E-state index is -0.479. The number of thiazole rings is 1. The van der Waals surface area contributed by atoms with Crippen molar-refractivity contribution in [2.45, 2.75) is 6.92 Å². The SMILES string of the molecule is Cc1ccc(-n2c(=C(C#N)C#N)s/c(=C/c3cccc(Cl)c3)c2=O)cc1F. The molecule has 0 amide bonds. The average Bonchev–Trinajstić information content (AvgIpc) is 2.95. The Morgan fingerprint density at radius 1 is 1.22 bits per heavy atom. The number of hydrogen-bond donors (Lipinski definition) is 0. The van der Waals surface area contributed by atoms with Crippen molar-refractivity contribution in [2.75, 3.05) is 0 Å². The van der Waals surface area contributed by atoms with Crippen LogP contribution in [0.5, 0.6) is 0 Å². The summed E-state index contributed by atoms with van der Waals surface area (Å²) in [6.07, 6.45) is 1.62. The highest BCUT2D eigenvalue weighted by atomic mass is 35.5. The quantitative estimate of drug-likeness (QED) is 0.669. The monoisotopic (exact) mass is 395 g/mol. The fourth-order valence-electron chi connectivity index (χ4n) is 2.47. The highest BCUT2D eigenvalue weighted by molar-refractivity contribution is 7.07. The topological polar surface area (TPSA) is 69.6 Å². The van der Waals surface area contributed by atoms with Crippen LogP contribution in [0.4, 0.5) is 4.39 Å². The number of hydrogen-bond acceptors (Lipinski definition) is 4. The van der Waals surface area contributed by atoms with E-state index in [9.17, 15) is 19.7 Å². The number of nitriles is 2. The Balaban J connectivity index is 2.40. The Bertz CT molecular complexity index is 1290. The molecular weight excluding hydrogens is 385 g/mol. The van der Waals surface area contributed by atoms with Crippen LogP contribution in [0.3, 0.4) is 0 Å². The van der Waals surface area contributed by atoms with Gasteiger partial charge >= 0.3 is 0 Å². The molecule has 0 fully saturated rings. The summed E-state index contributed by atoms with van der Waals surface area (Å²) < 4.78 is 15.7. The van der Waals surface area contributed by atoms with Crippen LogP contribution in [0.2, 0.25) is 5.02 Å². The van der Waals surface area contributed by atoms with E-state index in [1.54, 1.807) is 55.5 Å². The average molecular weight is 396 g/mol. The fraction of sp³-hybridized carbons (Fsp3) is 0.0500. The first kappa shape index (κ1) is 18.6. The highest BCUT2D eigenvalue weighted by Gasteiger charge is 2.12. The molecule has 0 aliphatic heterocycles. The van der Waals surface area contributed by atoms with E-state index >= 15 is 0 Å². The Labute approximate surface area is 162 Å². The van der Waals surface area contributed by atoms with Gasteiger partial charge in [0.1, 0.15) is 22.6 Å². The molecule has 0 atom stereocenters. The van der Waals surface area contributed by atoms with Gasteiger partial charge in [0.15, 0.2) is 5.57 Å². The molecular formula is C20H11ClFN3OS. The van der Waals surface area contributed by atoms with Gasteiger partial charge < -0.3 is 0 Å². The molecule has 132 valence electrons. The Morgan fingerprint density at radius 3 is 2.59 bits per heavy atom. The smallest absolute Gasteiger partial charge is 0.267 e. The second kappa shape index (κ2) is 7.59. The first-order valence-corrected chi connectivity index (χ1v) is 8.94. The van der Waals surface area contributed by atoms with Gasteiger partial charge in [-0.1, -0.05) is 29.8 Å². The Hall–Kier alpha value is -3.19. The van der Waals surface area contributed by atoms with Crippen molar-refractivity contribution in [3.05, 3.63) is 84.0 Å². The molecule has 0 saturated carbocycles. The third kappa shape index (κ3) is 3.68. The van der Waals surface area contributed by atoms with Crippen molar-refractivity contribution in [3.63, 3.8) is 0 Å². The van der Waals surface area contributed by atoms with E-state index < -0.39 is 11.4 Å². The lowest BCUT2D eigenvalue weighted by molar-refractivity contribution is 0.617. The van der Waals surface area contributed by atoms with E-state index in [-0.39, 0.29) is 15.9 Å². The summed E-state index contributed by atoms with van der Waals surface area (Å²) in [5.41, 5.74) is 0.720. The normalized spacial score (nSPS) is 11.1. The molecule has 0 aliphatic carbocycles. The minimum Gasteiger partial charge on any atom is -0.267 e. The second-order valence-electron chi connectivity index (χ2n) is 5.64. The van der Waals surface area contributed by atoms with E-state index in [1.165, 1.54) is 16.7 Å². The number of rotatable bonds is 2. The Morgan fingerprint density at radius 2 is 1.96 bits per heavy atom. The summed E-state index contributed by atoms with van der Waals surface area (Å²) >= 11 is 6.98. The largest absolute Gasteiger partial charge is 0.273 e. The molecule has 0 unspecified atom stereocenters. The second-order valence-corrected chi connectivity index (χ2v) is 7.11. The molecule has 0 spiro atoms. The van der Waals surface area contributed by atoms with Gasteiger partial charge in [-0.2, -0.15) is 10.5 Å². The fourth-order valence-corrected chi connectivity index (χ4v) is 3.73. The first-order valence-electron chi connectivity index (χ1n) is 7.75. The zero-order chi connectivity index (χ0) is 19.6. The van der Waals surface area contributed by atoms with Crippen molar-refractivity contribution in [1.29, 1.82) is 10.5 Å². The van der Waals surface area contributed by atoms with E-state index in [0.717, 1.165) is 11.3 Å². The molecule has 1 aromatic heterocycles. The lowest BCUT2D eigenvalue weighted by Crippen LogP contribution is -2.30. The van der Waals surface area contributed by atoms with Gasteiger partial charge in [-0.3, -0.25) is 9.36 Å². The van der Waals surface area contributed by atoms with Crippen LogP contribution in [0.25, 0.3) is 17.3 Å². The molecule has 0 saturated heterocycles. The number of halogens is 2. The van der Waals surface area contributed by atoms with Crippen molar-refractivity contribution < 1.29 is 4.39 Å². The zero-order valence-corrected chi connectivity index (χ0v) is 15.6. The van der Waals surface area contributed by atoms with Gasteiger partial charge in [0.2, 0.25) is 0 Å². The van der Waals surface area contributed by atoms with Crippen molar-refractivity contribution >= 4 is 34.6 Å². The summed E-state index contributed by atoms with van der Waals surface area (Å²) in [6.45, 7) is 1.61. The predicted molar refractivity (Wildman–Crippen MR) is 104 cm³/mol. The number of benzene rings is 2. The van der Waals surface area contributed by atoms with Crippen molar-refractivity contribution in [1.82, 2.24) is 4.57 Å². The van der Waals surface area contributed by atoms with Crippen LogP contribution in [0.1, 0.15) is 11.1 Å². The maximum atomic E-state index is 14.0. The van der Waals surface area contributed by atoms with Crippen LogP contribution in [0, 0.1) is 35.4 Å². The zero-order valence-electron chi connectivity index (χ0n) is 14.0. The van der Waals surface area contributed by atoms with Gasteiger partial charge in [0.05, 0.1) is 10.2 Å². The molecule has 27 heavy (non-hydrogen) atoms. The summed E-state index contributed by atoms with van der Waals surface area (Å²) in [5.74, 6) is -0.479. The molecule has 4 nitrogen and oxygen atoms in total. The minimum absolute atomic E-state index is 0.154. The maximum Gasteiger partial charge on any atom is 0.273 e. The van der Waals surface area contributed by atoms with Crippen LogP contribution in [-0.4, -0.2) is 4.57 Å². The van der Waals surface area contributed by atoms with E-state index in [0.29, 0.717) is 20.7 Å². The molecule has 3 rings (SSSR count). The lowest BCUT2D eigenvalue weighted by atomic mass is 10.2. The summed E-state index contributed by atoms with van der Waals surface area (Å²) in [5, 5.41) is 19.0. The van der Waals surface area contributed by atoms with E-state index in [4.69, 9.17) is 11.6 Å². The van der Waals surface area contributed by atoms with Gasteiger partial charge in [0.25, 0.3) is 5.56 Å². The van der Waals surface area contributed by atoms with Crippen LogP contribution in [-0.2, 0) is 0 Å². The van der Waals surface area contributed by atoms with Gasteiger partial charge in [-0.05, 0) is 48.4 Å². The molecule has 0 radical (unpaired) electrons. The van der Waals surface area contributed by atoms with Gasteiger partial charge in [-0.15, -0.1) is 11.3 Å². The molecule has 0 bridgehead atoms. The van der Waals surface area contributed by atoms with Gasteiger partial charge in [0, 0.05) is 5.02 Å². The molecule has 2 aromatic carbocycles. The first-order chi connectivity index (χ1) is 12.9. The van der Waals surface area contributed by atoms with E-state index in [2.05, 4.69) is 0 Å². The highest BCUT2D eigenvalue weighted by Crippen LogP contribution is 2.12. The summed E-state index contributed by atoms with van der Waals surface area (Å²) in [6, 6.07) is 14.8. The van der Waals surface area contributed by atoms with Crippen LogP contribution >= 0.6 is 22.9 Å². The Kier molecular flexibility index (Phi) is 5.23. The molecule has 0 N–H and O–H groups in total.